The lowest BCUT2D eigenvalue weighted by Crippen LogP contribution is -2.44. The average molecular weight is 454 g/mol. The Bertz CT molecular complexity index is 818. The molecule has 31 heavy (non-hydrogen) atoms. The van der Waals surface area contributed by atoms with Crippen molar-refractivity contribution in [3.05, 3.63) is 29.8 Å². The summed E-state index contributed by atoms with van der Waals surface area (Å²) in [6.07, 6.45) is 2.85. The summed E-state index contributed by atoms with van der Waals surface area (Å²) in [4.78, 5) is 24.2. The van der Waals surface area contributed by atoms with Crippen LogP contribution < -0.4 is 10.6 Å². The molecule has 9 heteroatoms. The normalized spacial score (nSPS) is 15.6. The molecule has 1 aliphatic rings. The maximum absolute atomic E-state index is 12.6. The third kappa shape index (κ3) is 8.14. The van der Waals surface area contributed by atoms with Crippen molar-refractivity contribution in [3.8, 4) is 0 Å². The summed E-state index contributed by atoms with van der Waals surface area (Å²) in [5.74, 6) is 0.243. The topological polar surface area (TPSA) is 105 Å². The minimum absolute atomic E-state index is 0.117. The first kappa shape index (κ1) is 25.1. The molecule has 0 aliphatic carbocycles. The van der Waals surface area contributed by atoms with E-state index in [0.717, 1.165) is 24.8 Å². The van der Waals surface area contributed by atoms with Crippen LogP contribution in [-0.2, 0) is 26.0 Å². The van der Waals surface area contributed by atoms with Crippen molar-refractivity contribution in [2.45, 2.75) is 63.8 Å². The summed E-state index contributed by atoms with van der Waals surface area (Å²) in [5.41, 5.74) is 0.902. The number of aryl methyl sites for hydroxylation is 1. The van der Waals surface area contributed by atoms with Crippen LogP contribution in [0.1, 0.15) is 52.0 Å². The second-order valence-corrected chi connectivity index (χ2v) is 10.2. The van der Waals surface area contributed by atoms with Crippen molar-refractivity contribution in [3.63, 3.8) is 0 Å². The SMILES string of the molecule is CCOC(=O)NC(CNC(=O)CCc1ccc(S(=O)(=O)N2CCCC2)cc1)CC(C)C. The lowest BCUT2D eigenvalue weighted by atomic mass is 10.0. The molecule has 2 N–H and O–H groups in total. The zero-order valence-corrected chi connectivity index (χ0v) is 19.5. The first-order valence-corrected chi connectivity index (χ1v) is 12.5. The highest BCUT2D eigenvalue weighted by Gasteiger charge is 2.26. The van der Waals surface area contributed by atoms with Crippen LogP contribution in [0.3, 0.4) is 0 Å². The van der Waals surface area contributed by atoms with E-state index in [1.807, 2.05) is 0 Å². The molecule has 1 fully saturated rings. The Morgan fingerprint density at radius 1 is 1.13 bits per heavy atom. The lowest BCUT2D eigenvalue weighted by Gasteiger charge is -2.20. The van der Waals surface area contributed by atoms with Crippen LogP contribution in [0.25, 0.3) is 0 Å². The van der Waals surface area contributed by atoms with Crippen molar-refractivity contribution >= 4 is 22.0 Å². The molecule has 2 rings (SSSR count). The quantitative estimate of drug-likeness (QED) is 0.536. The molecule has 8 nitrogen and oxygen atoms in total. The predicted molar refractivity (Wildman–Crippen MR) is 119 cm³/mol. The summed E-state index contributed by atoms with van der Waals surface area (Å²) in [6.45, 7) is 7.63. The van der Waals surface area contributed by atoms with Gasteiger partial charge in [-0.05, 0) is 56.2 Å². The van der Waals surface area contributed by atoms with Gasteiger partial charge in [-0.15, -0.1) is 0 Å². The Balaban J connectivity index is 1.82. The molecule has 1 unspecified atom stereocenters. The number of amides is 2. The first-order chi connectivity index (χ1) is 14.7. The van der Waals surface area contributed by atoms with Crippen molar-refractivity contribution in [2.75, 3.05) is 26.2 Å². The number of nitrogens with one attached hydrogen (secondary N) is 2. The molecule has 0 saturated carbocycles. The van der Waals surface area contributed by atoms with Gasteiger partial charge in [-0.2, -0.15) is 4.31 Å². The Labute approximate surface area is 185 Å². The summed E-state index contributed by atoms with van der Waals surface area (Å²) in [5, 5.41) is 5.65. The van der Waals surface area contributed by atoms with Crippen LogP contribution in [0.2, 0.25) is 0 Å². The molecule has 1 aliphatic heterocycles. The van der Waals surface area contributed by atoms with Gasteiger partial charge in [0.05, 0.1) is 11.5 Å². The fourth-order valence-corrected chi connectivity index (χ4v) is 5.11. The molecule has 0 aromatic heterocycles. The molecular weight excluding hydrogens is 418 g/mol. The Hall–Kier alpha value is -2.13. The number of sulfonamides is 1. The van der Waals surface area contributed by atoms with Crippen molar-refractivity contribution < 1.29 is 22.7 Å². The van der Waals surface area contributed by atoms with E-state index in [-0.39, 0.29) is 18.4 Å². The minimum atomic E-state index is -3.42. The van der Waals surface area contributed by atoms with Gasteiger partial charge in [-0.1, -0.05) is 26.0 Å². The highest BCUT2D eigenvalue weighted by molar-refractivity contribution is 7.89. The highest BCUT2D eigenvalue weighted by Crippen LogP contribution is 2.21. The Morgan fingerprint density at radius 2 is 1.77 bits per heavy atom. The van der Waals surface area contributed by atoms with E-state index in [1.54, 1.807) is 31.2 Å². The monoisotopic (exact) mass is 453 g/mol. The summed E-state index contributed by atoms with van der Waals surface area (Å²) >= 11 is 0. The van der Waals surface area contributed by atoms with Crippen molar-refractivity contribution in [1.29, 1.82) is 0 Å². The third-order valence-electron chi connectivity index (χ3n) is 5.17. The molecule has 0 radical (unpaired) electrons. The van der Waals surface area contributed by atoms with Crippen LogP contribution in [0.5, 0.6) is 0 Å². The van der Waals surface area contributed by atoms with E-state index >= 15 is 0 Å². The molecule has 1 aromatic rings. The maximum Gasteiger partial charge on any atom is 0.407 e. The minimum Gasteiger partial charge on any atom is -0.450 e. The molecular formula is C22H35N3O5S. The van der Waals surface area contributed by atoms with Gasteiger partial charge in [0.25, 0.3) is 0 Å². The first-order valence-electron chi connectivity index (χ1n) is 11.0. The molecule has 1 saturated heterocycles. The predicted octanol–water partition coefficient (Wildman–Crippen LogP) is 2.68. The smallest absolute Gasteiger partial charge is 0.407 e. The number of alkyl carbamates (subject to hydrolysis) is 1. The lowest BCUT2D eigenvalue weighted by molar-refractivity contribution is -0.121. The van der Waals surface area contributed by atoms with Gasteiger partial charge in [0.1, 0.15) is 0 Å². The highest BCUT2D eigenvalue weighted by atomic mass is 32.2. The number of hydrogen-bond acceptors (Lipinski definition) is 5. The van der Waals surface area contributed by atoms with E-state index in [0.29, 0.717) is 43.5 Å². The zero-order valence-electron chi connectivity index (χ0n) is 18.7. The van der Waals surface area contributed by atoms with Crippen LogP contribution in [0.4, 0.5) is 4.79 Å². The van der Waals surface area contributed by atoms with E-state index in [9.17, 15) is 18.0 Å². The molecule has 1 aromatic carbocycles. The number of ether oxygens (including phenoxy) is 1. The fourth-order valence-electron chi connectivity index (χ4n) is 3.59. The fraction of sp³-hybridized carbons (Fsp3) is 0.636. The summed E-state index contributed by atoms with van der Waals surface area (Å²) < 4.78 is 31.6. The number of rotatable bonds is 11. The van der Waals surface area contributed by atoms with E-state index in [2.05, 4.69) is 24.5 Å². The van der Waals surface area contributed by atoms with Gasteiger partial charge in [-0.25, -0.2) is 13.2 Å². The summed E-state index contributed by atoms with van der Waals surface area (Å²) in [7, 11) is -3.42. The number of nitrogens with zero attached hydrogens (tertiary/aromatic N) is 1. The number of benzene rings is 1. The van der Waals surface area contributed by atoms with Gasteiger partial charge >= 0.3 is 6.09 Å². The molecule has 0 bridgehead atoms. The number of carbonyl (C=O) groups excluding carboxylic acids is 2. The number of hydrogen-bond donors (Lipinski definition) is 2. The molecule has 1 heterocycles. The standard InChI is InChI=1S/C22H35N3O5S/c1-4-30-22(27)24-19(15-17(2)3)16-23-21(26)12-9-18-7-10-20(11-8-18)31(28,29)25-13-5-6-14-25/h7-8,10-11,17,19H,4-6,9,12-16H2,1-3H3,(H,23,26)(H,24,27). The van der Waals surface area contributed by atoms with Crippen molar-refractivity contribution in [1.82, 2.24) is 14.9 Å². The van der Waals surface area contributed by atoms with E-state index in [1.165, 1.54) is 4.31 Å². The second kappa shape index (κ2) is 12.0. The largest absolute Gasteiger partial charge is 0.450 e. The van der Waals surface area contributed by atoms with E-state index < -0.39 is 16.1 Å². The van der Waals surface area contributed by atoms with Crippen LogP contribution in [-0.4, -0.2) is 57.0 Å². The second-order valence-electron chi connectivity index (χ2n) is 8.25. The Morgan fingerprint density at radius 3 is 2.35 bits per heavy atom. The Kier molecular flexibility index (Phi) is 9.77. The van der Waals surface area contributed by atoms with Gasteiger partial charge in [-0.3, -0.25) is 4.79 Å². The summed E-state index contributed by atoms with van der Waals surface area (Å²) in [6, 6.07) is 6.56. The van der Waals surface area contributed by atoms with Crippen LogP contribution in [0, 0.1) is 5.92 Å². The van der Waals surface area contributed by atoms with Gasteiger partial charge in [0, 0.05) is 32.1 Å². The maximum atomic E-state index is 12.6. The van der Waals surface area contributed by atoms with Crippen LogP contribution in [0.15, 0.2) is 29.2 Å². The van der Waals surface area contributed by atoms with Gasteiger partial charge in [0.2, 0.25) is 15.9 Å². The molecule has 1 atom stereocenters. The number of carbonyl (C=O) groups is 2. The molecule has 0 spiro atoms. The molecule has 174 valence electrons. The third-order valence-corrected chi connectivity index (χ3v) is 7.08. The van der Waals surface area contributed by atoms with Crippen LogP contribution >= 0.6 is 0 Å². The molecule has 2 amide bonds. The van der Waals surface area contributed by atoms with E-state index in [4.69, 9.17) is 4.74 Å². The van der Waals surface area contributed by atoms with Gasteiger partial charge in [0.15, 0.2) is 0 Å². The van der Waals surface area contributed by atoms with Crippen molar-refractivity contribution in [2.24, 2.45) is 5.92 Å². The average Bonchev–Trinajstić information content (AvgIpc) is 3.26. The zero-order chi connectivity index (χ0) is 22.9. The van der Waals surface area contributed by atoms with Gasteiger partial charge < -0.3 is 15.4 Å².